The predicted molar refractivity (Wildman–Crippen MR) is 53.2 cm³/mol. The predicted octanol–water partition coefficient (Wildman–Crippen LogP) is 2.76. The molecule has 3 nitrogen and oxygen atoms in total. The van der Waals surface area contributed by atoms with Crippen LogP contribution in [0.15, 0.2) is 10.7 Å². The monoisotopic (exact) mass is 278 g/mol. The number of aromatic nitrogens is 2. The lowest BCUT2D eigenvalue weighted by Crippen LogP contribution is -2.09. The van der Waals surface area contributed by atoms with Crippen LogP contribution < -0.4 is 4.74 Å². The van der Waals surface area contributed by atoms with Crippen LogP contribution in [0.4, 0.5) is 8.78 Å². The van der Waals surface area contributed by atoms with Gasteiger partial charge in [0, 0.05) is 12.0 Å². The van der Waals surface area contributed by atoms with Gasteiger partial charge in [-0.1, -0.05) is 0 Å². The van der Waals surface area contributed by atoms with E-state index < -0.39 is 13.0 Å². The third-order valence-corrected chi connectivity index (χ3v) is 2.39. The first-order valence-electron chi connectivity index (χ1n) is 4.60. The summed E-state index contributed by atoms with van der Waals surface area (Å²) in [5.74, 6) is 1.25. The van der Waals surface area contributed by atoms with Gasteiger partial charge in [-0.3, -0.25) is 0 Å². The van der Waals surface area contributed by atoms with Crippen LogP contribution in [0.5, 0.6) is 5.88 Å². The van der Waals surface area contributed by atoms with Crippen molar-refractivity contribution in [1.29, 1.82) is 0 Å². The molecule has 0 spiro atoms. The molecule has 2 rings (SSSR count). The van der Waals surface area contributed by atoms with E-state index in [1.807, 2.05) is 0 Å². The van der Waals surface area contributed by atoms with Crippen LogP contribution in [-0.2, 0) is 0 Å². The number of hydrogen-bond acceptors (Lipinski definition) is 3. The molecule has 1 aliphatic rings. The largest absolute Gasteiger partial charge is 0.471 e. The highest BCUT2D eigenvalue weighted by molar-refractivity contribution is 9.10. The van der Waals surface area contributed by atoms with E-state index in [0.717, 1.165) is 12.8 Å². The topological polar surface area (TPSA) is 35.0 Å². The molecule has 0 unspecified atom stereocenters. The molecule has 1 aliphatic carbocycles. The highest BCUT2D eigenvalue weighted by Gasteiger charge is 2.27. The first kappa shape index (κ1) is 10.7. The Morgan fingerprint density at radius 3 is 2.80 bits per heavy atom. The number of alkyl halides is 2. The third kappa shape index (κ3) is 3.09. The minimum Gasteiger partial charge on any atom is -0.471 e. The average Bonchev–Trinajstić information content (AvgIpc) is 2.97. The summed E-state index contributed by atoms with van der Waals surface area (Å²) < 4.78 is 29.2. The first-order valence-corrected chi connectivity index (χ1v) is 5.40. The number of ether oxygens (including phenoxy) is 1. The Hall–Kier alpha value is -0.780. The van der Waals surface area contributed by atoms with Crippen LogP contribution in [0.1, 0.15) is 24.6 Å². The molecule has 1 heterocycles. The summed E-state index contributed by atoms with van der Waals surface area (Å²) in [4.78, 5) is 8.23. The third-order valence-electron chi connectivity index (χ3n) is 1.99. The quantitative estimate of drug-likeness (QED) is 0.795. The zero-order valence-corrected chi connectivity index (χ0v) is 9.38. The molecule has 0 N–H and O–H groups in total. The van der Waals surface area contributed by atoms with Gasteiger partial charge in [-0.2, -0.15) is 4.98 Å². The number of halogens is 3. The van der Waals surface area contributed by atoms with Gasteiger partial charge in [0.1, 0.15) is 10.4 Å². The van der Waals surface area contributed by atoms with Crippen LogP contribution in [0, 0.1) is 0 Å². The molecule has 82 valence electrons. The second kappa shape index (κ2) is 4.38. The van der Waals surface area contributed by atoms with E-state index in [1.54, 1.807) is 0 Å². The van der Waals surface area contributed by atoms with E-state index >= 15 is 0 Å². The van der Waals surface area contributed by atoms with Crippen molar-refractivity contribution < 1.29 is 13.5 Å². The van der Waals surface area contributed by atoms with E-state index in [9.17, 15) is 8.78 Å². The summed E-state index contributed by atoms with van der Waals surface area (Å²) in [6.45, 7) is -0.631. The van der Waals surface area contributed by atoms with E-state index in [0.29, 0.717) is 16.3 Å². The molecule has 1 aromatic rings. The standard InChI is InChI=1S/C9H9BrF2N2O/c10-6-3-8(15-4-7(11)12)14-9(13-6)5-1-2-5/h3,5,7H,1-2,4H2. The van der Waals surface area contributed by atoms with Gasteiger partial charge in [0.05, 0.1) is 0 Å². The zero-order chi connectivity index (χ0) is 10.8. The molecule has 1 saturated carbocycles. The molecule has 0 radical (unpaired) electrons. The summed E-state index contributed by atoms with van der Waals surface area (Å²) in [6, 6.07) is 1.49. The summed E-state index contributed by atoms with van der Waals surface area (Å²) in [6.07, 6.45) is -0.363. The van der Waals surface area contributed by atoms with Gasteiger partial charge in [-0.15, -0.1) is 0 Å². The van der Waals surface area contributed by atoms with E-state index in [1.165, 1.54) is 6.07 Å². The van der Waals surface area contributed by atoms with Crippen molar-refractivity contribution >= 4 is 15.9 Å². The molecule has 6 heteroatoms. The molecule has 0 bridgehead atoms. The van der Waals surface area contributed by atoms with Crippen molar-refractivity contribution in [3.05, 3.63) is 16.5 Å². The Labute approximate surface area is 94.0 Å². The van der Waals surface area contributed by atoms with E-state index in [4.69, 9.17) is 4.74 Å². The lowest BCUT2D eigenvalue weighted by molar-refractivity contribution is 0.0793. The smallest absolute Gasteiger partial charge is 0.272 e. The fourth-order valence-electron chi connectivity index (χ4n) is 1.16. The van der Waals surface area contributed by atoms with Crippen molar-refractivity contribution in [1.82, 2.24) is 9.97 Å². The summed E-state index contributed by atoms with van der Waals surface area (Å²) >= 11 is 3.20. The maximum atomic E-state index is 11.9. The van der Waals surface area contributed by atoms with Crippen LogP contribution in [0.3, 0.4) is 0 Å². The van der Waals surface area contributed by atoms with Gasteiger partial charge in [0.25, 0.3) is 6.43 Å². The number of rotatable bonds is 4. The van der Waals surface area contributed by atoms with E-state index in [2.05, 4.69) is 25.9 Å². The second-order valence-electron chi connectivity index (χ2n) is 3.36. The fourth-order valence-corrected chi connectivity index (χ4v) is 1.54. The lowest BCUT2D eigenvalue weighted by atomic mass is 10.4. The van der Waals surface area contributed by atoms with Crippen molar-refractivity contribution in [2.75, 3.05) is 6.61 Å². The number of nitrogens with zero attached hydrogens (tertiary/aromatic N) is 2. The van der Waals surface area contributed by atoms with Gasteiger partial charge in [0.2, 0.25) is 5.88 Å². The minimum atomic E-state index is -2.48. The molecular weight excluding hydrogens is 270 g/mol. The molecule has 1 fully saturated rings. The Kier molecular flexibility index (Phi) is 3.14. The Balaban J connectivity index is 2.09. The molecule has 0 amide bonds. The van der Waals surface area contributed by atoms with Crippen molar-refractivity contribution in [3.8, 4) is 5.88 Å². The van der Waals surface area contributed by atoms with Crippen molar-refractivity contribution in [2.45, 2.75) is 25.2 Å². The highest BCUT2D eigenvalue weighted by atomic mass is 79.9. The molecule has 0 aliphatic heterocycles. The zero-order valence-electron chi connectivity index (χ0n) is 7.79. The maximum absolute atomic E-state index is 11.9. The SMILES string of the molecule is FC(F)COc1cc(Br)nc(C2CC2)n1. The van der Waals surface area contributed by atoms with Gasteiger partial charge in [0.15, 0.2) is 6.61 Å². The molecule has 1 aromatic heterocycles. The summed E-state index contributed by atoms with van der Waals surface area (Å²) in [5.41, 5.74) is 0. The first-order chi connectivity index (χ1) is 7.15. The van der Waals surface area contributed by atoms with Gasteiger partial charge in [-0.25, -0.2) is 13.8 Å². The maximum Gasteiger partial charge on any atom is 0.272 e. The normalized spacial score (nSPS) is 15.7. The second-order valence-corrected chi connectivity index (χ2v) is 4.18. The number of hydrogen-bond donors (Lipinski definition) is 0. The molecule has 0 saturated heterocycles. The van der Waals surface area contributed by atoms with E-state index in [-0.39, 0.29) is 5.88 Å². The van der Waals surface area contributed by atoms with Crippen molar-refractivity contribution in [3.63, 3.8) is 0 Å². The lowest BCUT2D eigenvalue weighted by Gasteiger charge is -2.06. The molecule has 0 atom stereocenters. The molecule has 15 heavy (non-hydrogen) atoms. The Morgan fingerprint density at radius 1 is 1.47 bits per heavy atom. The summed E-state index contributed by atoms with van der Waals surface area (Å²) in [5, 5.41) is 0. The average molecular weight is 279 g/mol. The molecule has 0 aromatic carbocycles. The molecular formula is C9H9BrF2N2O. The van der Waals surface area contributed by atoms with Crippen LogP contribution >= 0.6 is 15.9 Å². The van der Waals surface area contributed by atoms with Crippen LogP contribution in [-0.4, -0.2) is 23.0 Å². The Bertz CT molecular complexity index is 358. The summed E-state index contributed by atoms with van der Waals surface area (Å²) in [7, 11) is 0. The van der Waals surface area contributed by atoms with Gasteiger partial charge < -0.3 is 4.74 Å². The fraction of sp³-hybridized carbons (Fsp3) is 0.556. The van der Waals surface area contributed by atoms with Gasteiger partial charge >= 0.3 is 0 Å². The highest BCUT2D eigenvalue weighted by Crippen LogP contribution is 2.39. The van der Waals surface area contributed by atoms with Crippen LogP contribution in [0.25, 0.3) is 0 Å². The minimum absolute atomic E-state index is 0.207. The van der Waals surface area contributed by atoms with Crippen LogP contribution in [0.2, 0.25) is 0 Å². The Morgan fingerprint density at radius 2 is 2.20 bits per heavy atom. The van der Waals surface area contributed by atoms with Gasteiger partial charge in [-0.05, 0) is 28.8 Å². The van der Waals surface area contributed by atoms with Crippen molar-refractivity contribution in [2.24, 2.45) is 0 Å².